The second-order valence-corrected chi connectivity index (χ2v) is 8.16. The summed E-state index contributed by atoms with van der Waals surface area (Å²) in [5.74, 6) is 0.345. The Kier molecular flexibility index (Phi) is 2.68. The van der Waals surface area contributed by atoms with Crippen LogP contribution in [0.15, 0.2) is 91.0 Å². The van der Waals surface area contributed by atoms with Crippen LogP contribution >= 0.6 is 0 Å². The van der Waals surface area contributed by atoms with Crippen LogP contribution in [-0.2, 0) is 5.41 Å². The predicted molar refractivity (Wildman–Crippen MR) is 112 cm³/mol. The zero-order valence-corrected chi connectivity index (χ0v) is 15.3. The minimum atomic E-state index is -0.257. The van der Waals surface area contributed by atoms with E-state index in [0.29, 0.717) is 5.92 Å². The Bertz CT molecular complexity index is 1170. The Morgan fingerprint density at radius 3 is 2.41 bits per heavy atom. The van der Waals surface area contributed by atoms with Crippen molar-refractivity contribution >= 4 is 5.69 Å². The molecule has 0 aromatic heterocycles. The summed E-state index contributed by atoms with van der Waals surface area (Å²) in [4.78, 5) is 0. The van der Waals surface area contributed by atoms with Crippen molar-refractivity contribution < 1.29 is 0 Å². The molecule has 0 heterocycles. The first-order chi connectivity index (χ1) is 13.2. The van der Waals surface area contributed by atoms with Crippen molar-refractivity contribution in [3.8, 4) is 11.1 Å². The maximum Gasteiger partial charge on any atom is 0.0583 e. The van der Waals surface area contributed by atoms with Crippen molar-refractivity contribution in [3.05, 3.63) is 113 Å². The molecule has 3 unspecified atom stereocenters. The summed E-state index contributed by atoms with van der Waals surface area (Å²) >= 11 is 0. The van der Waals surface area contributed by atoms with Gasteiger partial charge in [0.25, 0.3) is 0 Å². The van der Waals surface area contributed by atoms with Gasteiger partial charge in [-0.1, -0.05) is 91.9 Å². The molecule has 27 heavy (non-hydrogen) atoms. The predicted octanol–water partition coefficient (Wildman–Crippen LogP) is 5.81. The maximum atomic E-state index is 6.70. The van der Waals surface area contributed by atoms with E-state index in [9.17, 15) is 0 Å². The molecule has 0 fully saturated rings. The molecule has 1 heteroatoms. The van der Waals surface area contributed by atoms with Gasteiger partial charge in [-0.05, 0) is 39.4 Å². The van der Waals surface area contributed by atoms with Crippen LogP contribution < -0.4 is 5.73 Å². The molecule has 1 nitrogen and oxygen atoms in total. The normalized spacial score (nSPS) is 28.7. The fourth-order valence-corrected chi connectivity index (χ4v) is 6.15. The minimum absolute atomic E-state index is 0.0950. The minimum Gasteiger partial charge on any atom is -0.398 e. The van der Waals surface area contributed by atoms with Crippen molar-refractivity contribution in [1.82, 2.24) is 0 Å². The Morgan fingerprint density at radius 1 is 0.778 bits per heavy atom. The molecule has 0 amide bonds. The standard InChI is InChI=1S/C26H21N/c1-25-16-7-6-12-20(25)19-10-3-5-14-22(19)26(25)21-13-4-2-9-17(21)18-11-8-15-23(27)24(18)26/h2-16,20H,27H2,1H3. The molecule has 3 aliphatic carbocycles. The molecule has 3 aromatic rings. The molecule has 0 aliphatic heterocycles. The van der Waals surface area contributed by atoms with Gasteiger partial charge in [0, 0.05) is 17.0 Å². The molecule has 0 saturated heterocycles. The van der Waals surface area contributed by atoms with Crippen molar-refractivity contribution in [3.63, 3.8) is 0 Å². The molecular formula is C26H21N. The van der Waals surface area contributed by atoms with Crippen molar-refractivity contribution in [2.45, 2.75) is 18.3 Å². The summed E-state index contributed by atoms with van der Waals surface area (Å²) in [6.07, 6.45) is 9.19. The Labute approximate surface area is 159 Å². The van der Waals surface area contributed by atoms with Gasteiger partial charge < -0.3 is 5.73 Å². The van der Waals surface area contributed by atoms with E-state index < -0.39 is 0 Å². The Hall–Kier alpha value is -3.06. The lowest BCUT2D eigenvalue weighted by Gasteiger charge is -2.45. The quantitative estimate of drug-likeness (QED) is 0.510. The van der Waals surface area contributed by atoms with Crippen LogP contribution in [0.5, 0.6) is 0 Å². The molecule has 6 rings (SSSR count). The van der Waals surface area contributed by atoms with E-state index in [1.807, 2.05) is 0 Å². The molecule has 3 aliphatic rings. The van der Waals surface area contributed by atoms with E-state index >= 15 is 0 Å². The smallest absolute Gasteiger partial charge is 0.0583 e. The summed E-state index contributed by atoms with van der Waals surface area (Å²) in [7, 11) is 0. The van der Waals surface area contributed by atoms with Crippen LogP contribution in [-0.4, -0.2) is 0 Å². The molecule has 3 atom stereocenters. The van der Waals surface area contributed by atoms with Gasteiger partial charge in [0.05, 0.1) is 5.41 Å². The second-order valence-electron chi connectivity index (χ2n) is 8.16. The van der Waals surface area contributed by atoms with Crippen LogP contribution in [0.25, 0.3) is 11.1 Å². The van der Waals surface area contributed by atoms with Crippen LogP contribution in [0.4, 0.5) is 5.69 Å². The number of benzene rings is 3. The number of allylic oxidation sites excluding steroid dienone is 4. The molecule has 0 radical (unpaired) electrons. The van der Waals surface area contributed by atoms with Gasteiger partial charge in [0.1, 0.15) is 0 Å². The first kappa shape index (κ1) is 15.0. The van der Waals surface area contributed by atoms with E-state index in [1.165, 1.54) is 33.4 Å². The second kappa shape index (κ2) is 4.80. The van der Waals surface area contributed by atoms with E-state index in [2.05, 4.69) is 98.0 Å². The third kappa shape index (κ3) is 1.50. The third-order valence-electron chi connectivity index (χ3n) is 7.10. The number of anilines is 1. The van der Waals surface area contributed by atoms with E-state index in [-0.39, 0.29) is 10.8 Å². The molecule has 3 aromatic carbocycles. The molecule has 2 N–H and O–H groups in total. The summed E-state index contributed by atoms with van der Waals surface area (Å²) in [5.41, 5.74) is 15.3. The fourth-order valence-electron chi connectivity index (χ4n) is 6.15. The maximum absolute atomic E-state index is 6.70. The fraction of sp³-hybridized carbons (Fsp3) is 0.154. The summed E-state index contributed by atoms with van der Waals surface area (Å²) in [6, 6.07) is 24.2. The van der Waals surface area contributed by atoms with Crippen LogP contribution in [0.1, 0.15) is 35.1 Å². The number of nitrogen functional groups attached to an aromatic ring is 1. The third-order valence-corrected chi connectivity index (χ3v) is 7.10. The lowest BCUT2D eigenvalue weighted by atomic mass is 9.56. The number of hydrogen-bond acceptors (Lipinski definition) is 1. The molecule has 0 bridgehead atoms. The number of rotatable bonds is 0. The molecule has 0 saturated carbocycles. The van der Waals surface area contributed by atoms with Gasteiger partial charge in [0.2, 0.25) is 0 Å². The molecule has 1 spiro atoms. The SMILES string of the molecule is CC12C=CC=CC1c1ccccc1C21c2ccccc2-c2cccc(N)c21. The first-order valence-corrected chi connectivity index (χ1v) is 9.64. The van der Waals surface area contributed by atoms with Crippen molar-refractivity contribution in [2.24, 2.45) is 5.41 Å². The highest BCUT2D eigenvalue weighted by Gasteiger charge is 2.64. The zero-order chi connectivity index (χ0) is 18.2. The van der Waals surface area contributed by atoms with Crippen molar-refractivity contribution in [2.75, 3.05) is 5.73 Å². The van der Waals surface area contributed by atoms with Gasteiger partial charge in [-0.2, -0.15) is 0 Å². The van der Waals surface area contributed by atoms with Gasteiger partial charge in [-0.25, -0.2) is 0 Å². The van der Waals surface area contributed by atoms with E-state index in [0.717, 1.165) is 5.69 Å². The monoisotopic (exact) mass is 347 g/mol. The highest BCUT2D eigenvalue weighted by atomic mass is 14.7. The number of fused-ring (bicyclic) bond motifs is 10. The summed E-state index contributed by atoms with van der Waals surface area (Å²) in [6.45, 7) is 2.41. The van der Waals surface area contributed by atoms with Gasteiger partial charge in [-0.15, -0.1) is 0 Å². The van der Waals surface area contributed by atoms with Crippen LogP contribution in [0.2, 0.25) is 0 Å². The summed E-state index contributed by atoms with van der Waals surface area (Å²) in [5, 5.41) is 0. The first-order valence-electron chi connectivity index (χ1n) is 9.64. The van der Waals surface area contributed by atoms with E-state index in [4.69, 9.17) is 5.73 Å². The van der Waals surface area contributed by atoms with Crippen LogP contribution in [0.3, 0.4) is 0 Å². The highest BCUT2D eigenvalue weighted by Crippen LogP contribution is 2.71. The van der Waals surface area contributed by atoms with Gasteiger partial charge in [-0.3, -0.25) is 0 Å². The largest absolute Gasteiger partial charge is 0.398 e. The Morgan fingerprint density at radius 2 is 1.52 bits per heavy atom. The number of hydrogen-bond donors (Lipinski definition) is 1. The molecular weight excluding hydrogens is 326 g/mol. The van der Waals surface area contributed by atoms with Crippen molar-refractivity contribution in [1.29, 1.82) is 0 Å². The number of nitrogens with two attached hydrogens (primary N) is 1. The average molecular weight is 347 g/mol. The Balaban J connectivity index is 1.87. The van der Waals surface area contributed by atoms with Gasteiger partial charge in [0.15, 0.2) is 0 Å². The highest BCUT2D eigenvalue weighted by molar-refractivity contribution is 5.90. The lowest BCUT2D eigenvalue weighted by molar-refractivity contribution is 0.294. The van der Waals surface area contributed by atoms with Gasteiger partial charge >= 0.3 is 0 Å². The molecule has 130 valence electrons. The lowest BCUT2D eigenvalue weighted by Crippen LogP contribution is -2.42. The van der Waals surface area contributed by atoms with E-state index in [1.54, 1.807) is 0 Å². The zero-order valence-electron chi connectivity index (χ0n) is 15.3. The average Bonchev–Trinajstić information content (AvgIpc) is 3.13. The topological polar surface area (TPSA) is 26.0 Å². The van der Waals surface area contributed by atoms with Crippen LogP contribution in [0, 0.1) is 5.41 Å². The summed E-state index contributed by atoms with van der Waals surface area (Å²) < 4.78 is 0.